The molecule has 1 aromatic heterocycles. The van der Waals surface area contributed by atoms with Gasteiger partial charge in [-0.15, -0.1) is 5.10 Å². The number of carbonyl (C=O) groups is 1. The van der Waals surface area contributed by atoms with Crippen LogP contribution in [0.5, 0.6) is 0 Å². The van der Waals surface area contributed by atoms with Crippen LogP contribution in [-0.2, 0) is 4.74 Å². The molecule has 0 radical (unpaired) electrons. The summed E-state index contributed by atoms with van der Waals surface area (Å²) in [5.74, 6) is -0.471. The van der Waals surface area contributed by atoms with E-state index in [1.165, 1.54) is 12.7 Å². The maximum Gasteiger partial charge on any atom is 0.360 e. The molecular weight excluding hydrogens is 218 g/mol. The average molecular weight is 231 g/mol. The Morgan fingerprint density at radius 2 is 1.88 bits per heavy atom. The molecule has 88 valence electrons. The van der Waals surface area contributed by atoms with Gasteiger partial charge in [-0.1, -0.05) is 22.9 Å². The van der Waals surface area contributed by atoms with Crippen molar-refractivity contribution < 1.29 is 9.53 Å². The van der Waals surface area contributed by atoms with Crippen LogP contribution >= 0.6 is 0 Å². The summed E-state index contributed by atoms with van der Waals surface area (Å²) in [5.41, 5.74) is 2.95. The van der Waals surface area contributed by atoms with E-state index >= 15 is 0 Å². The van der Waals surface area contributed by atoms with E-state index in [1.807, 2.05) is 31.2 Å². The lowest BCUT2D eigenvalue weighted by molar-refractivity contribution is 0.0593. The number of methoxy groups -OCH3 is 1. The summed E-state index contributed by atoms with van der Waals surface area (Å²) in [7, 11) is 1.33. The number of nitrogens with zero attached hydrogens (tertiary/aromatic N) is 3. The fourth-order valence-electron chi connectivity index (χ4n) is 1.55. The van der Waals surface area contributed by atoms with E-state index < -0.39 is 5.97 Å². The topological polar surface area (TPSA) is 57.0 Å². The molecule has 0 saturated carbocycles. The predicted octanol–water partition coefficient (Wildman–Crippen LogP) is 1.67. The van der Waals surface area contributed by atoms with E-state index in [-0.39, 0.29) is 5.69 Å². The molecule has 2 rings (SSSR count). The van der Waals surface area contributed by atoms with E-state index in [4.69, 9.17) is 0 Å². The molecule has 0 aliphatic carbocycles. The Balaban J connectivity index is 2.44. The molecule has 5 heteroatoms. The molecule has 0 amide bonds. The number of ether oxygens (including phenoxy) is 1. The smallest absolute Gasteiger partial charge is 0.360 e. The van der Waals surface area contributed by atoms with Crippen LogP contribution < -0.4 is 0 Å². The Morgan fingerprint density at radius 1 is 1.24 bits per heavy atom. The molecule has 0 fully saturated rings. The number of aromatic nitrogens is 3. The Bertz CT molecular complexity index is 543. The SMILES string of the molecule is COC(=O)c1nnn(-c2ccc(C)cc2)c1C. The molecule has 0 aliphatic rings. The molecule has 2 aromatic rings. The van der Waals surface area contributed by atoms with E-state index in [1.54, 1.807) is 11.6 Å². The Morgan fingerprint density at radius 3 is 2.47 bits per heavy atom. The molecule has 5 nitrogen and oxygen atoms in total. The van der Waals surface area contributed by atoms with Crippen molar-refractivity contribution in [3.63, 3.8) is 0 Å². The van der Waals surface area contributed by atoms with Crippen LogP contribution in [0.2, 0.25) is 0 Å². The highest BCUT2D eigenvalue weighted by atomic mass is 16.5. The Labute approximate surface area is 99.0 Å². The van der Waals surface area contributed by atoms with E-state index in [9.17, 15) is 4.79 Å². The molecule has 1 aromatic carbocycles. The summed E-state index contributed by atoms with van der Waals surface area (Å²) in [6, 6.07) is 7.82. The molecule has 1 heterocycles. The van der Waals surface area contributed by atoms with Gasteiger partial charge in [0.15, 0.2) is 5.69 Å². The maximum atomic E-state index is 11.4. The molecule has 0 N–H and O–H groups in total. The molecule has 0 spiro atoms. The van der Waals surface area contributed by atoms with Crippen LogP contribution in [0.25, 0.3) is 5.69 Å². The van der Waals surface area contributed by atoms with Gasteiger partial charge in [0, 0.05) is 0 Å². The lowest BCUT2D eigenvalue weighted by Crippen LogP contribution is -2.05. The second-order valence-electron chi connectivity index (χ2n) is 3.76. The normalized spacial score (nSPS) is 10.3. The third-order valence-corrected chi connectivity index (χ3v) is 2.55. The number of rotatable bonds is 2. The molecule has 0 unspecified atom stereocenters. The number of aryl methyl sites for hydroxylation is 1. The average Bonchev–Trinajstić information content (AvgIpc) is 2.71. The molecule has 0 aliphatic heterocycles. The van der Waals surface area contributed by atoms with Crippen LogP contribution in [0.4, 0.5) is 0 Å². The summed E-state index contributed by atoms with van der Waals surface area (Å²) in [5, 5.41) is 7.77. The minimum atomic E-state index is -0.471. The van der Waals surface area contributed by atoms with E-state index in [2.05, 4.69) is 15.0 Å². The summed E-state index contributed by atoms with van der Waals surface area (Å²) >= 11 is 0. The highest BCUT2D eigenvalue weighted by molar-refractivity contribution is 5.88. The number of benzene rings is 1. The number of hydrogen-bond donors (Lipinski definition) is 0. The predicted molar refractivity (Wildman–Crippen MR) is 62.2 cm³/mol. The first-order valence-electron chi connectivity index (χ1n) is 5.21. The Hall–Kier alpha value is -2.17. The summed E-state index contributed by atoms with van der Waals surface area (Å²) in [6.07, 6.45) is 0. The molecule has 17 heavy (non-hydrogen) atoms. The molecule has 0 saturated heterocycles. The van der Waals surface area contributed by atoms with Crippen LogP contribution in [0, 0.1) is 13.8 Å². The summed E-state index contributed by atoms with van der Waals surface area (Å²) in [4.78, 5) is 11.4. The lowest BCUT2D eigenvalue weighted by atomic mass is 10.2. The number of hydrogen-bond acceptors (Lipinski definition) is 4. The third-order valence-electron chi connectivity index (χ3n) is 2.55. The van der Waals surface area contributed by atoms with Crippen LogP contribution in [0.1, 0.15) is 21.7 Å². The van der Waals surface area contributed by atoms with Gasteiger partial charge >= 0.3 is 5.97 Å². The van der Waals surface area contributed by atoms with Crippen molar-refractivity contribution in [2.45, 2.75) is 13.8 Å². The van der Waals surface area contributed by atoms with E-state index in [0.29, 0.717) is 5.69 Å². The minimum Gasteiger partial charge on any atom is -0.464 e. The second kappa shape index (κ2) is 4.37. The van der Waals surface area contributed by atoms with Crippen LogP contribution in [0.3, 0.4) is 0 Å². The van der Waals surface area contributed by atoms with Gasteiger partial charge in [-0.25, -0.2) is 9.48 Å². The summed E-state index contributed by atoms with van der Waals surface area (Å²) < 4.78 is 6.25. The standard InChI is InChI=1S/C12H13N3O2/c1-8-4-6-10(7-5-8)15-9(2)11(13-14-15)12(16)17-3/h4-7H,1-3H3. The van der Waals surface area contributed by atoms with Crippen molar-refractivity contribution in [2.75, 3.05) is 7.11 Å². The zero-order valence-electron chi connectivity index (χ0n) is 9.97. The highest BCUT2D eigenvalue weighted by Crippen LogP contribution is 2.13. The maximum absolute atomic E-state index is 11.4. The highest BCUT2D eigenvalue weighted by Gasteiger charge is 2.17. The first-order chi connectivity index (χ1) is 8.13. The Kier molecular flexibility index (Phi) is 2.91. The van der Waals surface area contributed by atoms with Gasteiger partial charge in [0.1, 0.15) is 0 Å². The van der Waals surface area contributed by atoms with Crippen molar-refractivity contribution in [1.29, 1.82) is 0 Å². The van der Waals surface area contributed by atoms with Gasteiger partial charge < -0.3 is 4.74 Å². The van der Waals surface area contributed by atoms with Crippen molar-refractivity contribution in [3.8, 4) is 5.69 Å². The van der Waals surface area contributed by atoms with Crippen LogP contribution in [0.15, 0.2) is 24.3 Å². The van der Waals surface area contributed by atoms with Crippen molar-refractivity contribution in [1.82, 2.24) is 15.0 Å². The van der Waals surface area contributed by atoms with Gasteiger partial charge in [-0.3, -0.25) is 0 Å². The van der Waals surface area contributed by atoms with Crippen molar-refractivity contribution in [2.24, 2.45) is 0 Å². The zero-order chi connectivity index (χ0) is 12.4. The number of esters is 1. The first-order valence-corrected chi connectivity index (χ1v) is 5.21. The minimum absolute atomic E-state index is 0.244. The van der Waals surface area contributed by atoms with Gasteiger partial charge in [0.2, 0.25) is 0 Å². The quantitative estimate of drug-likeness (QED) is 0.738. The molecular formula is C12H13N3O2. The van der Waals surface area contributed by atoms with Gasteiger partial charge in [0.05, 0.1) is 18.5 Å². The van der Waals surface area contributed by atoms with E-state index in [0.717, 1.165) is 5.69 Å². The number of carbonyl (C=O) groups excluding carboxylic acids is 1. The fraction of sp³-hybridized carbons (Fsp3) is 0.250. The van der Waals surface area contributed by atoms with Crippen molar-refractivity contribution in [3.05, 3.63) is 41.2 Å². The largest absolute Gasteiger partial charge is 0.464 e. The summed E-state index contributed by atoms with van der Waals surface area (Å²) in [6.45, 7) is 3.80. The first kappa shape index (κ1) is 11.3. The monoisotopic (exact) mass is 231 g/mol. The van der Waals surface area contributed by atoms with Crippen LogP contribution in [-0.4, -0.2) is 28.1 Å². The zero-order valence-corrected chi connectivity index (χ0v) is 9.97. The van der Waals surface area contributed by atoms with Gasteiger partial charge in [0.25, 0.3) is 0 Å². The molecule has 0 atom stereocenters. The van der Waals surface area contributed by atoms with Crippen molar-refractivity contribution >= 4 is 5.97 Å². The fourth-order valence-corrected chi connectivity index (χ4v) is 1.55. The van der Waals surface area contributed by atoms with Gasteiger partial charge in [-0.2, -0.15) is 0 Å². The lowest BCUT2D eigenvalue weighted by Gasteiger charge is -2.03. The molecule has 0 bridgehead atoms. The van der Waals surface area contributed by atoms with Gasteiger partial charge in [-0.05, 0) is 26.0 Å². The third kappa shape index (κ3) is 2.04. The second-order valence-corrected chi connectivity index (χ2v) is 3.76.